The lowest BCUT2D eigenvalue weighted by molar-refractivity contribution is -0.139. The fraction of sp³-hybridized carbons (Fsp3) is 0.769. The van der Waals surface area contributed by atoms with Gasteiger partial charge in [-0.05, 0) is 32.1 Å². The van der Waals surface area contributed by atoms with Crippen molar-refractivity contribution in [2.75, 3.05) is 13.1 Å². The van der Waals surface area contributed by atoms with E-state index in [-0.39, 0.29) is 18.9 Å². The highest BCUT2D eigenvalue weighted by molar-refractivity contribution is 5.75. The minimum Gasteiger partial charge on any atom is -0.480 e. The van der Waals surface area contributed by atoms with Crippen molar-refractivity contribution in [3.8, 4) is 0 Å². The number of hydrogen-bond acceptors (Lipinski definition) is 7. The predicted molar refractivity (Wildman–Crippen MR) is 90.0 cm³/mol. The highest BCUT2D eigenvalue weighted by atomic mass is 16.4. The van der Waals surface area contributed by atoms with E-state index in [1.807, 2.05) is 0 Å². The molecule has 0 rings (SSSR count). The quantitative estimate of drug-likeness (QED) is 0.109. The second-order valence-electron chi connectivity index (χ2n) is 5.16. The molecule has 11 nitrogen and oxygen atoms in total. The molecule has 1 unspecified atom stereocenters. The second-order valence-corrected chi connectivity index (χ2v) is 5.16. The molecule has 24 heavy (non-hydrogen) atoms. The van der Waals surface area contributed by atoms with Gasteiger partial charge in [-0.3, -0.25) is 14.6 Å². The van der Waals surface area contributed by atoms with E-state index in [1.165, 1.54) is 0 Å². The summed E-state index contributed by atoms with van der Waals surface area (Å²) in [5, 5.41) is 25.7. The molecule has 0 aromatic rings. The maximum Gasteiger partial charge on any atom is 0.320 e. The van der Waals surface area contributed by atoms with E-state index in [2.05, 4.69) is 4.99 Å². The van der Waals surface area contributed by atoms with Crippen LogP contribution >= 0.6 is 0 Å². The first-order valence-electron chi connectivity index (χ1n) is 7.52. The van der Waals surface area contributed by atoms with Crippen molar-refractivity contribution in [1.82, 2.24) is 0 Å². The summed E-state index contributed by atoms with van der Waals surface area (Å²) in [5.74, 6) is -1.96. The van der Waals surface area contributed by atoms with Gasteiger partial charge in [0.2, 0.25) is 0 Å². The van der Waals surface area contributed by atoms with Crippen LogP contribution in [-0.4, -0.2) is 64.5 Å². The molecule has 0 bridgehead atoms. The van der Waals surface area contributed by atoms with Gasteiger partial charge in [-0.15, -0.1) is 0 Å². The molecule has 0 aliphatic rings. The number of nitrogens with zero attached hydrogens (tertiary/aromatic N) is 1. The van der Waals surface area contributed by atoms with Crippen molar-refractivity contribution in [2.24, 2.45) is 33.7 Å². The second kappa shape index (κ2) is 14.6. The first-order valence-corrected chi connectivity index (χ1v) is 7.52. The third-order valence-electron chi connectivity index (χ3n) is 2.93. The molecule has 11 heteroatoms. The van der Waals surface area contributed by atoms with Crippen molar-refractivity contribution in [3.63, 3.8) is 0 Å². The lowest BCUT2D eigenvalue weighted by atomic mass is 10.1. The molecule has 3 atom stereocenters. The summed E-state index contributed by atoms with van der Waals surface area (Å²) in [6.07, 6.45) is 1.87. The number of guanidine groups is 1. The molecular weight excluding hydrogens is 320 g/mol. The topological polar surface area (TPSA) is 237 Å². The van der Waals surface area contributed by atoms with E-state index in [1.54, 1.807) is 0 Å². The van der Waals surface area contributed by atoms with Crippen molar-refractivity contribution in [1.29, 1.82) is 0 Å². The number of unbranched alkanes of at least 4 members (excludes halogenated alkanes) is 1. The molecule has 0 saturated heterocycles. The summed E-state index contributed by atoms with van der Waals surface area (Å²) < 4.78 is 0. The summed E-state index contributed by atoms with van der Waals surface area (Å²) in [5.41, 5.74) is 25.7. The zero-order chi connectivity index (χ0) is 19.1. The van der Waals surface area contributed by atoms with Crippen molar-refractivity contribution in [3.05, 3.63) is 0 Å². The number of carboxylic acids is 2. The van der Waals surface area contributed by atoms with Crippen LogP contribution in [0.15, 0.2) is 4.99 Å². The van der Waals surface area contributed by atoms with Crippen LogP contribution in [0.25, 0.3) is 0 Å². The Morgan fingerprint density at radius 2 is 1.42 bits per heavy atom. The van der Waals surface area contributed by atoms with E-state index in [9.17, 15) is 9.59 Å². The minimum absolute atomic E-state index is 0.0579. The first-order chi connectivity index (χ1) is 11.1. The Kier molecular flexibility index (Phi) is 14.8. The zero-order valence-corrected chi connectivity index (χ0v) is 13.7. The van der Waals surface area contributed by atoms with Crippen molar-refractivity contribution >= 4 is 17.9 Å². The molecule has 0 aromatic carbocycles. The van der Waals surface area contributed by atoms with Gasteiger partial charge in [-0.2, -0.15) is 0 Å². The van der Waals surface area contributed by atoms with Gasteiger partial charge in [-0.1, -0.05) is 0 Å². The minimum atomic E-state index is -1.05. The van der Waals surface area contributed by atoms with E-state index in [4.69, 9.17) is 44.0 Å². The predicted octanol–water partition coefficient (Wildman–Crippen LogP) is -2.66. The molecular formula is C13H30N6O5. The van der Waals surface area contributed by atoms with Crippen LogP contribution in [0.5, 0.6) is 0 Å². The number of aliphatic imine (C=N–C) groups is 1. The molecule has 0 spiro atoms. The first kappa shape index (κ1) is 24.3. The molecule has 0 heterocycles. The van der Waals surface area contributed by atoms with Crippen molar-refractivity contribution in [2.45, 2.75) is 50.3 Å². The van der Waals surface area contributed by atoms with E-state index in [0.717, 1.165) is 6.42 Å². The van der Waals surface area contributed by atoms with Crippen LogP contribution in [-0.2, 0) is 9.59 Å². The molecule has 0 radical (unpaired) electrons. The molecule has 0 aromatic heterocycles. The van der Waals surface area contributed by atoms with Crippen LogP contribution < -0.4 is 28.7 Å². The van der Waals surface area contributed by atoms with Gasteiger partial charge in [0.1, 0.15) is 12.1 Å². The van der Waals surface area contributed by atoms with Crippen LogP contribution in [0.1, 0.15) is 32.1 Å². The van der Waals surface area contributed by atoms with Gasteiger partial charge < -0.3 is 44.0 Å². The average molecular weight is 350 g/mol. The Morgan fingerprint density at radius 1 is 0.917 bits per heavy atom. The Labute approximate surface area is 140 Å². The fourth-order valence-corrected chi connectivity index (χ4v) is 1.42. The van der Waals surface area contributed by atoms with Crippen LogP contribution in [0, 0.1) is 0 Å². The maximum atomic E-state index is 10.3. The highest BCUT2D eigenvalue weighted by Crippen LogP contribution is 1.99. The monoisotopic (exact) mass is 350 g/mol. The van der Waals surface area contributed by atoms with Gasteiger partial charge in [-0.25, -0.2) is 0 Å². The Balaban J connectivity index is 0. The zero-order valence-electron chi connectivity index (χ0n) is 13.7. The smallest absolute Gasteiger partial charge is 0.320 e. The molecule has 0 aliphatic carbocycles. The van der Waals surface area contributed by atoms with Crippen molar-refractivity contribution < 1.29 is 24.9 Å². The number of aliphatic carboxylic acids is 2. The van der Waals surface area contributed by atoms with Gasteiger partial charge in [0.05, 0.1) is 6.10 Å². The van der Waals surface area contributed by atoms with Gasteiger partial charge in [0.25, 0.3) is 0 Å². The number of aliphatic hydroxyl groups is 1. The Morgan fingerprint density at radius 3 is 1.83 bits per heavy atom. The lowest BCUT2D eigenvalue weighted by Gasteiger charge is -2.09. The molecule has 0 aliphatic heterocycles. The van der Waals surface area contributed by atoms with E-state index in [0.29, 0.717) is 25.8 Å². The fourth-order valence-electron chi connectivity index (χ4n) is 1.42. The number of nitrogens with two attached hydrogens (primary N) is 5. The Bertz CT molecular complexity index is 389. The average Bonchev–Trinajstić information content (AvgIpc) is 2.51. The number of aliphatic hydroxyl groups excluding tert-OH is 1. The van der Waals surface area contributed by atoms with E-state index >= 15 is 0 Å². The molecule has 0 fully saturated rings. The molecule has 142 valence electrons. The summed E-state index contributed by atoms with van der Waals surface area (Å²) in [6.45, 7) is 0.668. The van der Waals surface area contributed by atoms with E-state index < -0.39 is 30.1 Å². The summed E-state index contributed by atoms with van der Waals surface area (Å²) in [7, 11) is 0. The largest absolute Gasteiger partial charge is 0.480 e. The Hall–Kier alpha value is -1.95. The molecule has 13 N–H and O–H groups in total. The third-order valence-corrected chi connectivity index (χ3v) is 2.93. The standard InChI is InChI=1S/C7H16N4O2.C6H14N2O3/c8-5(6(12)13)3-1-2-4-11-7(9)10;7-3-4(9)1-2-5(8)6(10)11/h5H,1-4,8H2,(H,12,13)(H4,9,10,11);4-5,9H,1-3,7-8H2,(H,10,11)/t5-;4?,5-/m00/s1. The highest BCUT2D eigenvalue weighted by Gasteiger charge is 2.12. The normalized spacial score (nSPS) is 13.8. The summed E-state index contributed by atoms with van der Waals surface area (Å²) >= 11 is 0. The molecule has 0 amide bonds. The maximum absolute atomic E-state index is 10.3. The van der Waals surface area contributed by atoms with Gasteiger partial charge in [0, 0.05) is 13.1 Å². The lowest BCUT2D eigenvalue weighted by Crippen LogP contribution is -2.32. The number of rotatable bonds is 11. The summed E-state index contributed by atoms with van der Waals surface area (Å²) in [4.78, 5) is 24.2. The van der Waals surface area contributed by atoms with Crippen LogP contribution in [0.3, 0.4) is 0 Å². The molecule has 0 saturated carbocycles. The number of carbonyl (C=O) groups is 2. The van der Waals surface area contributed by atoms with Crippen LogP contribution in [0.4, 0.5) is 0 Å². The number of hydrogen-bond donors (Lipinski definition) is 8. The SMILES string of the molecule is NC(N)=NCCCC[C@H](N)C(=O)O.NCC(O)CC[C@H](N)C(=O)O. The third kappa shape index (κ3) is 16.4. The van der Waals surface area contributed by atoms with Gasteiger partial charge in [0.15, 0.2) is 5.96 Å². The number of carboxylic acid groups (broad SMARTS) is 2. The van der Waals surface area contributed by atoms with Gasteiger partial charge >= 0.3 is 11.9 Å². The summed E-state index contributed by atoms with van der Waals surface area (Å²) in [6, 6.07) is -1.67. The van der Waals surface area contributed by atoms with Crippen LogP contribution in [0.2, 0.25) is 0 Å².